The van der Waals surface area contributed by atoms with E-state index in [9.17, 15) is 9.90 Å². The number of ether oxygens (including phenoxy) is 1. The number of methoxy groups -OCH3 is 1. The predicted octanol–water partition coefficient (Wildman–Crippen LogP) is 5.81. The number of fused-ring (bicyclic) bond motifs is 1. The number of nitrogens with zero attached hydrogens (tertiary/aromatic N) is 4. The fourth-order valence-electron chi connectivity index (χ4n) is 5.28. The summed E-state index contributed by atoms with van der Waals surface area (Å²) in [5.41, 5.74) is 1.40. The molecule has 0 amide bonds. The Labute approximate surface area is 221 Å². The molecule has 3 aromatic rings. The molecule has 0 bridgehead atoms. The van der Waals surface area contributed by atoms with Crippen LogP contribution in [0, 0.1) is 11.8 Å². The summed E-state index contributed by atoms with van der Waals surface area (Å²) in [4.78, 5) is 19.2. The van der Waals surface area contributed by atoms with Gasteiger partial charge >= 0.3 is 5.97 Å². The lowest BCUT2D eigenvalue weighted by Crippen LogP contribution is -2.41. The molecule has 3 atom stereocenters. The number of alkyl halides is 1. The Morgan fingerprint density at radius 3 is 2.89 bits per heavy atom. The number of thioether (sulfide) groups is 1. The molecule has 0 radical (unpaired) electrons. The third-order valence-electron chi connectivity index (χ3n) is 7.26. The van der Waals surface area contributed by atoms with Crippen molar-refractivity contribution < 1.29 is 19.0 Å². The molecule has 7 nitrogen and oxygen atoms in total. The van der Waals surface area contributed by atoms with Crippen molar-refractivity contribution in [2.24, 2.45) is 11.8 Å². The van der Waals surface area contributed by atoms with E-state index >= 15 is 4.39 Å². The van der Waals surface area contributed by atoms with Gasteiger partial charge in [0.15, 0.2) is 0 Å². The van der Waals surface area contributed by atoms with Crippen molar-refractivity contribution in [3.8, 4) is 5.75 Å². The number of benzene rings is 1. The van der Waals surface area contributed by atoms with E-state index in [0.717, 1.165) is 60.4 Å². The Bertz CT molecular complexity index is 1150. The molecular weight excluding hydrogens is 491 g/mol. The van der Waals surface area contributed by atoms with Gasteiger partial charge in [0.05, 0.1) is 25.0 Å². The Kier molecular flexibility index (Phi) is 10.1. The second kappa shape index (κ2) is 13.7. The van der Waals surface area contributed by atoms with Crippen LogP contribution in [0.15, 0.2) is 53.8 Å². The smallest absolute Gasteiger partial charge is 0.303 e. The predicted molar refractivity (Wildman–Crippen MR) is 144 cm³/mol. The van der Waals surface area contributed by atoms with Crippen LogP contribution in [0.1, 0.15) is 50.3 Å². The number of pyridine rings is 1. The molecule has 0 aliphatic carbocycles. The Morgan fingerprint density at radius 2 is 2.11 bits per heavy atom. The van der Waals surface area contributed by atoms with Gasteiger partial charge < -0.3 is 14.7 Å². The van der Waals surface area contributed by atoms with Gasteiger partial charge in [-0.25, -0.2) is 4.39 Å². The van der Waals surface area contributed by atoms with E-state index in [0.29, 0.717) is 30.1 Å². The van der Waals surface area contributed by atoms with Gasteiger partial charge in [-0.15, -0.1) is 11.8 Å². The molecule has 198 valence electrons. The van der Waals surface area contributed by atoms with Crippen molar-refractivity contribution in [1.82, 2.24) is 20.1 Å². The standard InChI is InChI=1S/C28H35FN4O3S/c1-36-22-5-7-27-25(17-22)24(10-12-30-27)26(29)6-3-20-11-15-33(19-21(20)4-8-28(34)35)14-2-16-37-23-9-13-31-32-18-23/h5,7,9-10,12-13,17-18,20-21,26H,2-4,6,8,11,14-16,19H2,1H3,(H,34,35)/t20-,21-,26-/m1/s1. The van der Waals surface area contributed by atoms with Crippen LogP contribution >= 0.6 is 11.8 Å². The van der Waals surface area contributed by atoms with Crippen LogP contribution in [0.2, 0.25) is 0 Å². The lowest BCUT2D eigenvalue weighted by atomic mass is 9.79. The average molecular weight is 527 g/mol. The van der Waals surface area contributed by atoms with Crippen molar-refractivity contribution in [3.63, 3.8) is 0 Å². The summed E-state index contributed by atoms with van der Waals surface area (Å²) >= 11 is 1.78. The van der Waals surface area contributed by atoms with Gasteiger partial charge in [0.25, 0.3) is 0 Å². The molecule has 0 spiro atoms. The Hall–Kier alpha value is -2.78. The minimum absolute atomic E-state index is 0.160. The molecule has 1 aliphatic rings. The summed E-state index contributed by atoms with van der Waals surface area (Å²) in [6, 6.07) is 9.27. The van der Waals surface area contributed by atoms with E-state index in [1.807, 2.05) is 24.3 Å². The van der Waals surface area contributed by atoms with Crippen molar-refractivity contribution in [2.75, 3.05) is 32.5 Å². The summed E-state index contributed by atoms with van der Waals surface area (Å²) in [5.74, 6) is 1.52. The van der Waals surface area contributed by atoms with Gasteiger partial charge in [0.2, 0.25) is 0 Å². The summed E-state index contributed by atoms with van der Waals surface area (Å²) in [6.45, 7) is 2.84. The molecule has 0 saturated carbocycles. The maximum Gasteiger partial charge on any atom is 0.303 e. The van der Waals surface area contributed by atoms with Gasteiger partial charge in [0, 0.05) is 29.4 Å². The molecule has 1 N–H and O–H groups in total. The number of aromatic nitrogens is 3. The maximum absolute atomic E-state index is 15.5. The molecule has 4 rings (SSSR count). The van der Waals surface area contributed by atoms with Crippen molar-refractivity contribution in [1.29, 1.82) is 0 Å². The van der Waals surface area contributed by atoms with E-state index in [4.69, 9.17) is 4.74 Å². The van der Waals surface area contributed by atoms with Crippen molar-refractivity contribution >= 4 is 28.6 Å². The minimum atomic E-state index is -1.10. The molecule has 3 heterocycles. The largest absolute Gasteiger partial charge is 0.497 e. The molecule has 1 aromatic carbocycles. The van der Waals surface area contributed by atoms with Crippen LogP contribution in [-0.4, -0.2) is 63.7 Å². The summed E-state index contributed by atoms with van der Waals surface area (Å²) < 4.78 is 20.9. The Morgan fingerprint density at radius 1 is 1.22 bits per heavy atom. The highest BCUT2D eigenvalue weighted by molar-refractivity contribution is 7.99. The van der Waals surface area contributed by atoms with E-state index < -0.39 is 12.1 Å². The highest BCUT2D eigenvalue weighted by atomic mass is 32.2. The molecule has 1 fully saturated rings. The minimum Gasteiger partial charge on any atom is -0.497 e. The van der Waals surface area contributed by atoms with Crippen LogP contribution in [-0.2, 0) is 4.79 Å². The number of likely N-dealkylation sites (tertiary alicyclic amines) is 1. The third kappa shape index (κ3) is 7.85. The second-order valence-electron chi connectivity index (χ2n) is 9.65. The monoisotopic (exact) mass is 526 g/mol. The van der Waals surface area contributed by atoms with E-state index in [2.05, 4.69) is 20.1 Å². The van der Waals surface area contributed by atoms with Crippen LogP contribution in [0.25, 0.3) is 10.9 Å². The molecule has 0 unspecified atom stereocenters. The zero-order chi connectivity index (χ0) is 26.0. The van der Waals surface area contributed by atoms with Crippen molar-refractivity contribution in [2.45, 2.75) is 49.6 Å². The highest BCUT2D eigenvalue weighted by Gasteiger charge is 2.30. The summed E-state index contributed by atoms with van der Waals surface area (Å²) in [7, 11) is 1.60. The molecule has 37 heavy (non-hydrogen) atoms. The number of carbonyl (C=O) groups is 1. The Balaban J connectivity index is 1.32. The normalized spacial score (nSPS) is 19.1. The van der Waals surface area contributed by atoms with Crippen LogP contribution in [0.4, 0.5) is 4.39 Å². The number of rotatable bonds is 13. The lowest BCUT2D eigenvalue weighted by molar-refractivity contribution is -0.137. The van der Waals surface area contributed by atoms with E-state index in [-0.39, 0.29) is 12.3 Å². The van der Waals surface area contributed by atoms with Gasteiger partial charge in [-0.3, -0.25) is 9.78 Å². The molecule has 1 aliphatic heterocycles. The quantitative estimate of drug-likeness (QED) is 0.221. The van der Waals surface area contributed by atoms with Gasteiger partial charge in [-0.2, -0.15) is 10.2 Å². The number of halogens is 1. The van der Waals surface area contributed by atoms with Crippen LogP contribution < -0.4 is 4.74 Å². The topological polar surface area (TPSA) is 88.4 Å². The van der Waals surface area contributed by atoms with E-state index in [1.165, 1.54) is 0 Å². The zero-order valence-electron chi connectivity index (χ0n) is 21.3. The number of aliphatic carboxylic acids is 1. The lowest BCUT2D eigenvalue weighted by Gasteiger charge is -2.39. The first kappa shape index (κ1) is 27.3. The first-order valence-electron chi connectivity index (χ1n) is 12.9. The zero-order valence-corrected chi connectivity index (χ0v) is 22.1. The molecule has 1 saturated heterocycles. The summed E-state index contributed by atoms with van der Waals surface area (Å²) in [6.07, 6.45) is 8.03. The van der Waals surface area contributed by atoms with Gasteiger partial charge in [-0.1, -0.05) is 0 Å². The first-order chi connectivity index (χ1) is 18.0. The van der Waals surface area contributed by atoms with Crippen LogP contribution in [0.3, 0.4) is 0 Å². The fraction of sp³-hybridized carbons (Fsp3) is 0.500. The molecule has 2 aromatic heterocycles. The average Bonchev–Trinajstić information content (AvgIpc) is 2.93. The maximum atomic E-state index is 15.5. The first-order valence-corrected chi connectivity index (χ1v) is 13.9. The summed E-state index contributed by atoms with van der Waals surface area (Å²) in [5, 5.41) is 17.8. The highest BCUT2D eigenvalue weighted by Crippen LogP contribution is 2.36. The SMILES string of the molecule is COc1ccc2nccc([C@H](F)CC[C@@H]3CCN(CCCSc4ccnnc4)C[C@H]3CCC(=O)O)c2c1. The van der Waals surface area contributed by atoms with Gasteiger partial charge in [-0.05, 0) is 98.7 Å². The fourth-order valence-corrected chi connectivity index (χ4v) is 6.07. The van der Waals surface area contributed by atoms with E-state index in [1.54, 1.807) is 43.5 Å². The number of carboxylic acids is 1. The number of hydrogen-bond acceptors (Lipinski definition) is 7. The number of piperidine rings is 1. The molecule has 9 heteroatoms. The number of hydrogen-bond donors (Lipinski definition) is 1. The second-order valence-corrected chi connectivity index (χ2v) is 10.8. The van der Waals surface area contributed by atoms with Crippen molar-refractivity contribution in [3.05, 3.63) is 54.5 Å². The van der Waals surface area contributed by atoms with Crippen LogP contribution in [0.5, 0.6) is 5.75 Å². The van der Waals surface area contributed by atoms with Gasteiger partial charge in [0.1, 0.15) is 11.9 Å². The number of carboxylic acid groups (broad SMARTS) is 1. The third-order valence-corrected chi connectivity index (χ3v) is 8.33. The molecular formula is C28H35FN4O3S.